The molecule has 1 aromatic heterocycles. The summed E-state index contributed by atoms with van der Waals surface area (Å²) in [7, 11) is -3.20. The third kappa shape index (κ3) is 4.58. The summed E-state index contributed by atoms with van der Waals surface area (Å²) in [5.74, 6) is 0. The molecular weight excluding hydrogens is 722 g/mol. The Balaban J connectivity index is 0.969. The van der Waals surface area contributed by atoms with Gasteiger partial charge in [0, 0.05) is 32.5 Å². The van der Waals surface area contributed by atoms with E-state index in [1.165, 1.54) is 55.3 Å². The lowest BCUT2D eigenvalue weighted by molar-refractivity contribution is 0.593. The normalized spacial score (nSPS) is 16.0. The quantitative estimate of drug-likeness (QED) is 0.164. The smallest absolute Gasteiger partial charge is 0.174 e. The molecule has 3 heteroatoms. The highest BCUT2D eigenvalue weighted by Gasteiger charge is 2.43. The van der Waals surface area contributed by atoms with Gasteiger partial charge in [0.15, 0.2) is 7.14 Å². The van der Waals surface area contributed by atoms with E-state index in [0.29, 0.717) is 0 Å². The molecule has 1 aliphatic carbocycles. The second kappa shape index (κ2) is 12.1. The molecule has 274 valence electrons. The Bertz CT molecular complexity index is 3390. The Hall–Kier alpha value is -6.73. The second-order valence-corrected chi connectivity index (χ2v) is 19.1. The molecule has 0 saturated heterocycles. The Kier molecular flexibility index (Phi) is 6.99. The average Bonchev–Trinajstić information content (AvgIpc) is 3.84. The first-order valence-corrected chi connectivity index (χ1v) is 21.8. The molecule has 1 aliphatic heterocycles. The third-order valence-corrected chi connectivity index (χ3v) is 16.2. The van der Waals surface area contributed by atoms with Crippen LogP contribution in [0.1, 0.15) is 25.0 Å². The SMILES string of the molecule is CC1(C)c2cc(-c3ccc(-n4c5ccccc5c5ccc6c(c54)P(=O)(c4ccccc4)c4ccccc4-6)cc3)ccc2-c2ccc(-c3ccc4ccccc4c3)cc21. The van der Waals surface area contributed by atoms with Crippen molar-refractivity contribution >= 4 is 55.6 Å². The summed E-state index contributed by atoms with van der Waals surface area (Å²) in [5, 5.41) is 7.52. The number of hydrogen-bond acceptors (Lipinski definition) is 1. The summed E-state index contributed by atoms with van der Waals surface area (Å²) in [6, 6.07) is 69.7. The molecule has 0 fully saturated rings. The molecule has 10 aromatic rings. The minimum absolute atomic E-state index is 0.152. The van der Waals surface area contributed by atoms with E-state index in [9.17, 15) is 0 Å². The molecule has 58 heavy (non-hydrogen) atoms. The maximum atomic E-state index is 15.9. The number of fused-ring (bicyclic) bond motifs is 11. The first-order valence-electron chi connectivity index (χ1n) is 20.1. The van der Waals surface area contributed by atoms with Crippen molar-refractivity contribution in [1.82, 2.24) is 4.57 Å². The number of aromatic nitrogens is 1. The van der Waals surface area contributed by atoms with Crippen molar-refractivity contribution in [3.8, 4) is 50.2 Å². The van der Waals surface area contributed by atoms with E-state index >= 15 is 4.57 Å². The summed E-state index contributed by atoms with van der Waals surface area (Å²) >= 11 is 0. The highest BCUT2D eigenvalue weighted by Crippen LogP contribution is 2.55. The Morgan fingerprint density at radius 3 is 1.81 bits per heavy atom. The molecule has 0 bridgehead atoms. The van der Waals surface area contributed by atoms with E-state index in [1.807, 2.05) is 36.4 Å². The fraction of sp³-hybridized carbons (Fsp3) is 0.0545. The van der Waals surface area contributed by atoms with E-state index in [0.717, 1.165) is 54.5 Å². The van der Waals surface area contributed by atoms with Crippen LogP contribution in [-0.4, -0.2) is 4.57 Å². The minimum atomic E-state index is -3.20. The summed E-state index contributed by atoms with van der Waals surface area (Å²) in [5.41, 5.74) is 15.4. The van der Waals surface area contributed by atoms with Gasteiger partial charge in [-0.2, -0.15) is 0 Å². The summed E-state index contributed by atoms with van der Waals surface area (Å²) in [6.07, 6.45) is 0. The van der Waals surface area contributed by atoms with E-state index < -0.39 is 7.14 Å². The highest BCUT2D eigenvalue weighted by atomic mass is 31.2. The van der Waals surface area contributed by atoms with E-state index in [2.05, 4.69) is 176 Å². The van der Waals surface area contributed by atoms with Gasteiger partial charge in [-0.1, -0.05) is 172 Å². The van der Waals surface area contributed by atoms with Gasteiger partial charge in [-0.3, -0.25) is 0 Å². The lowest BCUT2D eigenvalue weighted by Crippen LogP contribution is -2.22. The lowest BCUT2D eigenvalue weighted by atomic mass is 9.81. The summed E-state index contributed by atoms with van der Waals surface area (Å²) in [6.45, 7) is 4.73. The highest BCUT2D eigenvalue weighted by molar-refractivity contribution is 7.86. The molecular formula is C55H38NOP. The van der Waals surface area contributed by atoms with Crippen LogP contribution in [0, 0.1) is 0 Å². The molecule has 1 atom stereocenters. The molecule has 0 amide bonds. The number of para-hydroxylation sites is 1. The average molecular weight is 760 g/mol. The van der Waals surface area contributed by atoms with Crippen LogP contribution in [0.15, 0.2) is 194 Å². The van der Waals surface area contributed by atoms with Gasteiger partial charge in [0.25, 0.3) is 0 Å². The standard InChI is InChI=1S/C55H38NOP/c1-55(2)49-33-39(24-28-43(49)44-29-25-40(34-50(44)55)38-21-20-35-12-6-7-13-37(35)32-38)36-22-26-41(27-23-36)56-51-18-10-8-16-45(51)47-30-31-48-46-17-9-11-19-52(46)58(57,54(48)53(47)56)42-14-4-3-5-15-42/h3-34H,1-2H3. The predicted molar refractivity (Wildman–Crippen MR) is 245 cm³/mol. The van der Waals surface area contributed by atoms with Gasteiger partial charge in [-0.15, -0.1) is 0 Å². The third-order valence-electron chi connectivity index (χ3n) is 13.0. The van der Waals surface area contributed by atoms with Crippen LogP contribution in [0.5, 0.6) is 0 Å². The molecule has 1 unspecified atom stereocenters. The fourth-order valence-electron chi connectivity index (χ4n) is 10.1. The Morgan fingerprint density at radius 1 is 0.448 bits per heavy atom. The maximum Gasteiger partial charge on any atom is 0.174 e. The monoisotopic (exact) mass is 759 g/mol. The largest absolute Gasteiger partial charge is 0.309 e. The molecule has 2 nitrogen and oxygen atoms in total. The van der Waals surface area contributed by atoms with Crippen molar-refractivity contribution in [2.75, 3.05) is 0 Å². The van der Waals surface area contributed by atoms with Crippen molar-refractivity contribution in [3.05, 3.63) is 205 Å². The second-order valence-electron chi connectivity index (χ2n) is 16.4. The van der Waals surface area contributed by atoms with Crippen LogP contribution >= 0.6 is 7.14 Å². The topological polar surface area (TPSA) is 22.0 Å². The van der Waals surface area contributed by atoms with Crippen LogP contribution in [0.3, 0.4) is 0 Å². The zero-order valence-corrected chi connectivity index (χ0v) is 33.2. The first kappa shape index (κ1) is 33.4. The first-order chi connectivity index (χ1) is 28.4. The fourth-order valence-corrected chi connectivity index (χ4v) is 13.4. The van der Waals surface area contributed by atoms with Gasteiger partial charge in [0.2, 0.25) is 0 Å². The molecule has 0 saturated carbocycles. The van der Waals surface area contributed by atoms with Gasteiger partial charge in [-0.25, -0.2) is 0 Å². The number of benzene rings is 9. The van der Waals surface area contributed by atoms with Crippen molar-refractivity contribution in [2.24, 2.45) is 0 Å². The molecule has 0 spiro atoms. The van der Waals surface area contributed by atoms with E-state index in [-0.39, 0.29) is 5.41 Å². The van der Waals surface area contributed by atoms with Gasteiger partial charge >= 0.3 is 0 Å². The van der Waals surface area contributed by atoms with E-state index in [1.54, 1.807) is 0 Å². The zero-order valence-electron chi connectivity index (χ0n) is 32.3. The maximum absolute atomic E-state index is 15.9. The van der Waals surface area contributed by atoms with Gasteiger partial charge in [0.1, 0.15) is 0 Å². The molecule has 2 heterocycles. The van der Waals surface area contributed by atoms with Gasteiger partial charge < -0.3 is 9.13 Å². The summed E-state index contributed by atoms with van der Waals surface area (Å²) in [4.78, 5) is 0. The zero-order chi connectivity index (χ0) is 38.8. The van der Waals surface area contributed by atoms with Crippen LogP contribution in [0.2, 0.25) is 0 Å². The minimum Gasteiger partial charge on any atom is -0.309 e. The molecule has 2 aliphatic rings. The Morgan fingerprint density at radius 2 is 1.03 bits per heavy atom. The Labute approximate surface area is 338 Å². The van der Waals surface area contributed by atoms with Crippen molar-refractivity contribution < 1.29 is 4.57 Å². The van der Waals surface area contributed by atoms with E-state index in [4.69, 9.17) is 0 Å². The van der Waals surface area contributed by atoms with Crippen molar-refractivity contribution in [1.29, 1.82) is 0 Å². The lowest BCUT2D eigenvalue weighted by Gasteiger charge is -2.23. The van der Waals surface area contributed by atoms with Crippen LogP contribution < -0.4 is 15.9 Å². The predicted octanol–water partition coefficient (Wildman–Crippen LogP) is 13.2. The van der Waals surface area contributed by atoms with Crippen LogP contribution in [-0.2, 0) is 9.98 Å². The van der Waals surface area contributed by atoms with Gasteiger partial charge in [-0.05, 0) is 103 Å². The van der Waals surface area contributed by atoms with Crippen LogP contribution in [0.4, 0.5) is 0 Å². The summed E-state index contributed by atoms with van der Waals surface area (Å²) < 4.78 is 18.3. The molecule has 9 aromatic carbocycles. The van der Waals surface area contributed by atoms with Crippen LogP contribution in [0.25, 0.3) is 82.8 Å². The molecule has 12 rings (SSSR count). The number of nitrogens with zero attached hydrogens (tertiary/aromatic N) is 1. The number of hydrogen-bond donors (Lipinski definition) is 0. The van der Waals surface area contributed by atoms with Gasteiger partial charge in [0.05, 0.1) is 16.3 Å². The molecule has 0 radical (unpaired) electrons. The van der Waals surface area contributed by atoms with Crippen molar-refractivity contribution in [2.45, 2.75) is 19.3 Å². The number of rotatable bonds is 4. The van der Waals surface area contributed by atoms with Crippen molar-refractivity contribution in [3.63, 3.8) is 0 Å². The molecule has 0 N–H and O–H groups in total.